The van der Waals surface area contributed by atoms with Gasteiger partial charge in [-0.15, -0.1) is 0 Å². The van der Waals surface area contributed by atoms with Crippen molar-refractivity contribution in [1.82, 2.24) is 0 Å². The number of aliphatic hydroxyl groups is 1. The second-order valence-electron chi connectivity index (χ2n) is 3.82. The zero-order valence-corrected chi connectivity index (χ0v) is 10.1. The molecule has 4 heteroatoms. The summed E-state index contributed by atoms with van der Waals surface area (Å²) in [7, 11) is 1.53. The zero-order valence-electron chi connectivity index (χ0n) is 10.1. The number of aliphatic imine (C=N–C) groups is 1. The minimum absolute atomic E-state index is 0.0105. The van der Waals surface area contributed by atoms with E-state index < -0.39 is 0 Å². The molecule has 0 saturated carbocycles. The first kappa shape index (κ1) is 12.4. The fourth-order valence-electron chi connectivity index (χ4n) is 1.90. The number of hydrogen-bond acceptors (Lipinski definition) is 4. The summed E-state index contributed by atoms with van der Waals surface area (Å²) in [4.78, 5) is 4.08. The van der Waals surface area contributed by atoms with Crippen molar-refractivity contribution in [2.75, 3.05) is 20.3 Å². The molecule has 0 bridgehead atoms. The number of methoxy groups -OCH3 is 1. The quantitative estimate of drug-likeness (QED) is 0.809. The van der Waals surface area contributed by atoms with Crippen molar-refractivity contribution in [3.05, 3.63) is 35.9 Å². The van der Waals surface area contributed by atoms with Crippen LogP contribution in [0.25, 0.3) is 10.8 Å². The second kappa shape index (κ2) is 5.51. The van der Waals surface area contributed by atoms with Crippen LogP contribution in [0.15, 0.2) is 35.3 Å². The number of rotatable bonds is 4. The van der Waals surface area contributed by atoms with Gasteiger partial charge in [0.2, 0.25) is 0 Å². The summed E-state index contributed by atoms with van der Waals surface area (Å²) in [6.45, 7) is 0.359. The SMILES string of the molecule is COc1c(O)cc(/C=N/CCO)c2ccccc12. The van der Waals surface area contributed by atoms with Gasteiger partial charge in [-0.3, -0.25) is 4.99 Å². The zero-order chi connectivity index (χ0) is 13.0. The first-order valence-corrected chi connectivity index (χ1v) is 5.67. The molecular formula is C14H15NO3. The van der Waals surface area contributed by atoms with Gasteiger partial charge in [-0.05, 0) is 11.5 Å². The maximum Gasteiger partial charge on any atom is 0.168 e. The Balaban J connectivity index is 2.61. The van der Waals surface area contributed by atoms with Crippen LogP contribution in [0.1, 0.15) is 5.56 Å². The number of ether oxygens (including phenoxy) is 1. The van der Waals surface area contributed by atoms with Crippen LogP contribution in [-0.4, -0.2) is 36.7 Å². The van der Waals surface area contributed by atoms with E-state index in [0.29, 0.717) is 12.3 Å². The summed E-state index contributed by atoms with van der Waals surface area (Å²) in [5.41, 5.74) is 0.803. The van der Waals surface area contributed by atoms with Crippen molar-refractivity contribution in [1.29, 1.82) is 0 Å². The van der Waals surface area contributed by atoms with Gasteiger partial charge in [-0.25, -0.2) is 0 Å². The van der Waals surface area contributed by atoms with Crippen LogP contribution in [0.3, 0.4) is 0 Å². The van der Waals surface area contributed by atoms with E-state index in [0.717, 1.165) is 16.3 Å². The Labute approximate surface area is 105 Å². The maximum atomic E-state index is 9.91. The lowest BCUT2D eigenvalue weighted by Gasteiger charge is -2.10. The highest BCUT2D eigenvalue weighted by Crippen LogP contribution is 2.36. The van der Waals surface area contributed by atoms with Gasteiger partial charge in [0, 0.05) is 17.2 Å². The van der Waals surface area contributed by atoms with Crippen LogP contribution in [0, 0.1) is 0 Å². The summed E-state index contributed by atoms with van der Waals surface area (Å²) in [5.74, 6) is 0.548. The molecule has 0 aliphatic rings. The van der Waals surface area contributed by atoms with Crippen LogP contribution < -0.4 is 4.74 Å². The van der Waals surface area contributed by atoms with Gasteiger partial charge in [0.25, 0.3) is 0 Å². The van der Waals surface area contributed by atoms with Crippen molar-refractivity contribution in [3.8, 4) is 11.5 Å². The van der Waals surface area contributed by atoms with Gasteiger partial charge in [0.1, 0.15) is 0 Å². The van der Waals surface area contributed by atoms with E-state index in [9.17, 15) is 5.11 Å². The highest BCUT2D eigenvalue weighted by molar-refractivity contribution is 6.03. The summed E-state index contributed by atoms with van der Waals surface area (Å²) in [6.07, 6.45) is 1.65. The third kappa shape index (κ3) is 2.28. The summed E-state index contributed by atoms with van der Waals surface area (Å²) < 4.78 is 5.20. The lowest BCUT2D eigenvalue weighted by atomic mass is 10.0. The Morgan fingerprint density at radius 2 is 2.00 bits per heavy atom. The van der Waals surface area contributed by atoms with Gasteiger partial charge in [-0.2, -0.15) is 0 Å². The van der Waals surface area contributed by atoms with E-state index in [2.05, 4.69) is 4.99 Å². The number of hydrogen-bond donors (Lipinski definition) is 2. The minimum atomic E-state index is 0.0105. The number of phenolic OH excluding ortho intramolecular Hbond substituents is 1. The van der Waals surface area contributed by atoms with Crippen LogP contribution in [-0.2, 0) is 0 Å². The topological polar surface area (TPSA) is 62.0 Å². The first-order valence-electron chi connectivity index (χ1n) is 5.67. The fourth-order valence-corrected chi connectivity index (χ4v) is 1.90. The third-order valence-electron chi connectivity index (χ3n) is 2.67. The number of aromatic hydroxyl groups is 1. The molecule has 94 valence electrons. The van der Waals surface area contributed by atoms with Crippen molar-refractivity contribution >= 4 is 17.0 Å². The average Bonchev–Trinajstić information content (AvgIpc) is 2.39. The molecule has 2 aromatic carbocycles. The summed E-state index contributed by atoms with van der Waals surface area (Å²) in [6, 6.07) is 9.25. The molecule has 0 fully saturated rings. The molecule has 0 unspecified atom stereocenters. The number of fused-ring (bicyclic) bond motifs is 1. The predicted octanol–water partition coefficient (Wildman–Crippen LogP) is 1.97. The monoisotopic (exact) mass is 245 g/mol. The minimum Gasteiger partial charge on any atom is -0.504 e. The van der Waals surface area contributed by atoms with Crippen LogP contribution in [0.5, 0.6) is 11.5 Å². The molecule has 0 amide bonds. The highest BCUT2D eigenvalue weighted by Gasteiger charge is 2.10. The Bertz CT molecular complexity index is 579. The van der Waals surface area contributed by atoms with Crippen LogP contribution in [0.2, 0.25) is 0 Å². The standard InChI is InChI=1S/C14H15NO3/c1-18-14-12-5-3-2-4-11(12)10(8-13(14)17)9-15-6-7-16/h2-5,8-9,16-17H,6-7H2,1H3/b15-9+. The molecule has 0 aliphatic heterocycles. The van der Waals surface area contributed by atoms with Gasteiger partial charge >= 0.3 is 0 Å². The molecule has 0 spiro atoms. The number of aliphatic hydroxyl groups excluding tert-OH is 1. The maximum absolute atomic E-state index is 9.91. The number of nitrogens with zero attached hydrogens (tertiary/aromatic N) is 1. The van der Waals surface area contributed by atoms with E-state index in [1.54, 1.807) is 12.3 Å². The second-order valence-corrected chi connectivity index (χ2v) is 3.82. The Hall–Kier alpha value is -2.07. The van der Waals surface area contributed by atoms with Gasteiger partial charge in [0.15, 0.2) is 11.5 Å². The van der Waals surface area contributed by atoms with Crippen LogP contribution in [0.4, 0.5) is 0 Å². The summed E-state index contributed by atoms with van der Waals surface area (Å²) in [5, 5.41) is 20.4. The molecule has 0 radical (unpaired) electrons. The lowest BCUT2D eigenvalue weighted by Crippen LogP contribution is -1.93. The Morgan fingerprint density at radius 1 is 1.28 bits per heavy atom. The number of benzene rings is 2. The molecule has 0 heterocycles. The van der Waals surface area contributed by atoms with Crippen molar-refractivity contribution in [2.24, 2.45) is 4.99 Å². The summed E-state index contributed by atoms with van der Waals surface area (Å²) >= 11 is 0. The predicted molar refractivity (Wildman–Crippen MR) is 71.7 cm³/mol. The number of phenols is 1. The fraction of sp³-hybridized carbons (Fsp3) is 0.214. The van der Waals surface area contributed by atoms with E-state index in [-0.39, 0.29) is 12.4 Å². The molecule has 18 heavy (non-hydrogen) atoms. The van der Waals surface area contributed by atoms with E-state index >= 15 is 0 Å². The van der Waals surface area contributed by atoms with Crippen LogP contribution >= 0.6 is 0 Å². The normalized spacial score (nSPS) is 11.2. The highest BCUT2D eigenvalue weighted by atomic mass is 16.5. The molecule has 0 aromatic heterocycles. The molecule has 0 atom stereocenters. The van der Waals surface area contributed by atoms with Crippen molar-refractivity contribution < 1.29 is 14.9 Å². The van der Waals surface area contributed by atoms with E-state index in [4.69, 9.17) is 9.84 Å². The molecule has 0 saturated heterocycles. The van der Waals surface area contributed by atoms with Crippen molar-refractivity contribution in [3.63, 3.8) is 0 Å². The van der Waals surface area contributed by atoms with Crippen molar-refractivity contribution in [2.45, 2.75) is 0 Å². The average molecular weight is 245 g/mol. The molecule has 2 aromatic rings. The first-order chi connectivity index (χ1) is 8.77. The van der Waals surface area contributed by atoms with E-state index in [1.165, 1.54) is 7.11 Å². The smallest absolute Gasteiger partial charge is 0.168 e. The lowest BCUT2D eigenvalue weighted by molar-refractivity contribution is 0.307. The van der Waals surface area contributed by atoms with Gasteiger partial charge < -0.3 is 14.9 Å². The Kier molecular flexibility index (Phi) is 3.79. The molecular weight excluding hydrogens is 230 g/mol. The molecule has 2 N–H and O–H groups in total. The Morgan fingerprint density at radius 3 is 2.67 bits per heavy atom. The third-order valence-corrected chi connectivity index (χ3v) is 2.67. The molecule has 4 nitrogen and oxygen atoms in total. The van der Waals surface area contributed by atoms with Gasteiger partial charge in [0.05, 0.1) is 20.3 Å². The van der Waals surface area contributed by atoms with E-state index in [1.807, 2.05) is 24.3 Å². The molecule has 0 aliphatic carbocycles. The van der Waals surface area contributed by atoms with Gasteiger partial charge in [-0.1, -0.05) is 24.3 Å². The largest absolute Gasteiger partial charge is 0.504 e. The molecule has 2 rings (SSSR count).